The zero-order chi connectivity index (χ0) is 19.6. The van der Waals surface area contributed by atoms with Crippen LogP contribution >= 0.6 is 0 Å². The van der Waals surface area contributed by atoms with Crippen molar-refractivity contribution in [1.29, 1.82) is 0 Å². The molecule has 3 N–H and O–H groups in total. The lowest BCUT2D eigenvalue weighted by molar-refractivity contribution is -0.119. The summed E-state index contributed by atoms with van der Waals surface area (Å²) in [6, 6.07) is 12.7. The highest BCUT2D eigenvalue weighted by molar-refractivity contribution is 5.87. The second kappa shape index (κ2) is 10.1. The predicted molar refractivity (Wildman–Crippen MR) is 109 cm³/mol. The fourth-order valence-corrected chi connectivity index (χ4v) is 2.61. The maximum atomic E-state index is 11.9. The Bertz CT molecular complexity index is 789. The average molecular weight is 370 g/mol. The minimum atomic E-state index is -0.309. The Labute approximate surface area is 159 Å². The number of anilines is 2. The van der Waals surface area contributed by atoms with Gasteiger partial charge in [-0.3, -0.25) is 4.79 Å². The van der Waals surface area contributed by atoms with Crippen LogP contribution in [-0.4, -0.2) is 44.0 Å². The molecule has 0 saturated heterocycles. The zero-order valence-corrected chi connectivity index (χ0v) is 15.9. The van der Waals surface area contributed by atoms with Gasteiger partial charge in [0.25, 0.3) is 5.91 Å². The van der Waals surface area contributed by atoms with Gasteiger partial charge in [0, 0.05) is 30.4 Å². The van der Waals surface area contributed by atoms with Gasteiger partial charge in [-0.15, -0.1) is 0 Å². The summed E-state index contributed by atoms with van der Waals surface area (Å²) >= 11 is 0. The number of phenolic OH excluding ortho intramolecular Hbond substituents is 1. The quantitative estimate of drug-likeness (QED) is 0.467. The minimum absolute atomic E-state index is 0.0462. The lowest BCUT2D eigenvalue weighted by atomic mass is 10.2. The van der Waals surface area contributed by atoms with E-state index in [9.17, 15) is 9.90 Å². The van der Waals surface area contributed by atoms with Crippen LogP contribution in [0.25, 0.3) is 0 Å². The van der Waals surface area contributed by atoms with Gasteiger partial charge in [0.05, 0.1) is 25.6 Å². The molecule has 0 bridgehead atoms. The molecule has 0 aliphatic heterocycles. The van der Waals surface area contributed by atoms with Gasteiger partial charge in [-0.25, -0.2) is 5.43 Å². The van der Waals surface area contributed by atoms with E-state index in [-0.39, 0.29) is 18.2 Å². The first-order valence-electron chi connectivity index (χ1n) is 8.85. The van der Waals surface area contributed by atoms with Crippen molar-refractivity contribution in [1.82, 2.24) is 5.43 Å². The highest BCUT2D eigenvalue weighted by Gasteiger charge is 2.06. The number of aromatic hydroxyl groups is 1. The topological polar surface area (TPSA) is 86.2 Å². The Morgan fingerprint density at radius 1 is 1.22 bits per heavy atom. The Morgan fingerprint density at radius 2 is 1.96 bits per heavy atom. The number of rotatable bonds is 9. The largest absolute Gasteiger partial charge is 0.507 e. The molecule has 0 spiro atoms. The third-order valence-electron chi connectivity index (χ3n) is 4.08. The van der Waals surface area contributed by atoms with Gasteiger partial charge >= 0.3 is 0 Å². The zero-order valence-electron chi connectivity index (χ0n) is 15.9. The number of para-hydroxylation sites is 2. The van der Waals surface area contributed by atoms with Gasteiger partial charge in [0.2, 0.25) is 0 Å². The number of benzene rings is 2. The molecule has 0 heterocycles. The number of hydrogen-bond acceptors (Lipinski definition) is 6. The number of carbonyl (C=O) groups excluding carboxylic acids is 1. The van der Waals surface area contributed by atoms with Gasteiger partial charge in [-0.05, 0) is 38.1 Å². The summed E-state index contributed by atoms with van der Waals surface area (Å²) in [6.07, 6.45) is 1.42. The van der Waals surface area contributed by atoms with Crippen molar-refractivity contribution in [2.75, 3.05) is 37.0 Å². The number of amides is 1. The number of hydrazone groups is 1. The van der Waals surface area contributed by atoms with Crippen LogP contribution in [0.3, 0.4) is 0 Å². The summed E-state index contributed by atoms with van der Waals surface area (Å²) in [7, 11) is 1.57. The van der Waals surface area contributed by atoms with E-state index in [0.29, 0.717) is 11.3 Å². The van der Waals surface area contributed by atoms with Crippen LogP contribution in [0.5, 0.6) is 11.5 Å². The van der Waals surface area contributed by atoms with Crippen molar-refractivity contribution in [3.05, 3.63) is 48.0 Å². The Morgan fingerprint density at radius 3 is 2.63 bits per heavy atom. The van der Waals surface area contributed by atoms with Crippen LogP contribution in [0.15, 0.2) is 47.6 Å². The summed E-state index contributed by atoms with van der Waals surface area (Å²) in [5.41, 5.74) is 4.63. The molecule has 2 aromatic carbocycles. The van der Waals surface area contributed by atoms with E-state index in [1.807, 2.05) is 30.3 Å². The second-order valence-electron chi connectivity index (χ2n) is 5.76. The van der Waals surface area contributed by atoms with Crippen molar-refractivity contribution >= 4 is 23.5 Å². The fourth-order valence-electron chi connectivity index (χ4n) is 2.61. The molecule has 2 rings (SSSR count). The summed E-state index contributed by atoms with van der Waals surface area (Å²) in [4.78, 5) is 14.0. The summed E-state index contributed by atoms with van der Waals surface area (Å²) in [5.74, 6) is 0.466. The molecule has 0 unspecified atom stereocenters. The molecule has 27 heavy (non-hydrogen) atoms. The number of ether oxygens (including phenoxy) is 1. The van der Waals surface area contributed by atoms with E-state index >= 15 is 0 Å². The standard InChI is InChI=1S/C20H26N4O3/c1-4-24(5-2)16-11-10-15(18(25)12-16)13-22-23-20(26)14-21-17-8-6-7-9-19(17)27-3/h6-13,21,25H,4-5,14H2,1-3H3,(H,23,26). The van der Waals surface area contributed by atoms with E-state index in [2.05, 4.69) is 34.6 Å². The fraction of sp³-hybridized carbons (Fsp3) is 0.300. The number of hydrogen-bond donors (Lipinski definition) is 3. The van der Waals surface area contributed by atoms with Crippen molar-refractivity contribution in [2.24, 2.45) is 5.10 Å². The van der Waals surface area contributed by atoms with Gasteiger partial charge in [-0.2, -0.15) is 5.10 Å². The highest BCUT2D eigenvalue weighted by atomic mass is 16.5. The maximum absolute atomic E-state index is 11.9. The van der Waals surface area contributed by atoms with Crippen LogP contribution in [-0.2, 0) is 4.79 Å². The molecular formula is C20H26N4O3. The molecule has 0 aromatic heterocycles. The molecule has 7 nitrogen and oxygen atoms in total. The third kappa shape index (κ3) is 5.64. The van der Waals surface area contributed by atoms with Gasteiger partial charge < -0.3 is 20.1 Å². The molecule has 144 valence electrons. The van der Waals surface area contributed by atoms with E-state index < -0.39 is 0 Å². The third-order valence-corrected chi connectivity index (χ3v) is 4.08. The molecule has 0 aliphatic rings. The maximum Gasteiger partial charge on any atom is 0.259 e. The lowest BCUT2D eigenvalue weighted by Gasteiger charge is -2.21. The van der Waals surface area contributed by atoms with Gasteiger partial charge in [0.1, 0.15) is 11.5 Å². The SMILES string of the molecule is CCN(CC)c1ccc(C=NNC(=O)CNc2ccccc2OC)c(O)c1. The first-order valence-corrected chi connectivity index (χ1v) is 8.85. The number of nitrogens with zero attached hydrogens (tertiary/aromatic N) is 2. The number of nitrogens with one attached hydrogen (secondary N) is 2. The molecule has 0 saturated carbocycles. The second-order valence-corrected chi connectivity index (χ2v) is 5.76. The van der Waals surface area contributed by atoms with Crippen LogP contribution < -0.4 is 20.4 Å². The van der Waals surface area contributed by atoms with Crippen molar-refractivity contribution < 1.29 is 14.6 Å². The summed E-state index contributed by atoms with van der Waals surface area (Å²) in [6.45, 7) is 5.89. The van der Waals surface area contributed by atoms with Gasteiger partial charge in [0.15, 0.2) is 0 Å². The smallest absolute Gasteiger partial charge is 0.259 e. The molecule has 0 atom stereocenters. The predicted octanol–water partition coefficient (Wildman–Crippen LogP) is 2.81. The molecule has 0 fully saturated rings. The monoisotopic (exact) mass is 370 g/mol. The van der Waals surface area contributed by atoms with Gasteiger partial charge in [-0.1, -0.05) is 12.1 Å². The first-order chi connectivity index (χ1) is 13.1. The normalized spacial score (nSPS) is 10.6. The van der Waals surface area contributed by atoms with Crippen molar-refractivity contribution in [3.8, 4) is 11.5 Å². The van der Waals surface area contributed by atoms with Crippen LogP contribution in [0, 0.1) is 0 Å². The minimum Gasteiger partial charge on any atom is -0.507 e. The molecular weight excluding hydrogens is 344 g/mol. The average Bonchev–Trinajstić information content (AvgIpc) is 2.69. The van der Waals surface area contributed by atoms with E-state index in [1.54, 1.807) is 19.2 Å². The molecule has 0 radical (unpaired) electrons. The Balaban J connectivity index is 1.90. The highest BCUT2D eigenvalue weighted by Crippen LogP contribution is 2.24. The molecule has 0 aliphatic carbocycles. The van der Waals surface area contributed by atoms with E-state index in [4.69, 9.17) is 4.74 Å². The molecule has 1 amide bonds. The number of phenols is 1. The van der Waals surface area contributed by atoms with Crippen LogP contribution in [0.4, 0.5) is 11.4 Å². The summed E-state index contributed by atoms with van der Waals surface area (Å²) < 4.78 is 5.22. The van der Waals surface area contributed by atoms with Crippen LogP contribution in [0.2, 0.25) is 0 Å². The van der Waals surface area contributed by atoms with Crippen LogP contribution in [0.1, 0.15) is 19.4 Å². The van der Waals surface area contributed by atoms with E-state index in [0.717, 1.165) is 24.5 Å². The molecule has 2 aromatic rings. The van der Waals surface area contributed by atoms with Crippen molar-refractivity contribution in [3.63, 3.8) is 0 Å². The molecule has 7 heteroatoms. The van der Waals surface area contributed by atoms with Crippen molar-refractivity contribution in [2.45, 2.75) is 13.8 Å². The first kappa shape index (κ1) is 20.1. The Hall–Kier alpha value is -3.22. The van der Waals surface area contributed by atoms with E-state index in [1.165, 1.54) is 6.21 Å². The number of carbonyl (C=O) groups is 1. The number of methoxy groups -OCH3 is 1. The summed E-state index contributed by atoms with van der Waals surface area (Å²) in [5, 5.41) is 17.0. The Kier molecular flexibility index (Phi) is 7.49. The lowest BCUT2D eigenvalue weighted by Crippen LogP contribution is -2.26.